The fourth-order valence-corrected chi connectivity index (χ4v) is 1.70. The number of hydrogen-bond acceptors (Lipinski definition) is 5. The fraction of sp³-hybridized carbons (Fsp3) is 0.800. The van der Waals surface area contributed by atoms with Crippen LogP contribution in [-0.4, -0.2) is 49.7 Å². The molecule has 1 atom stereocenters. The van der Waals surface area contributed by atoms with Crippen LogP contribution >= 0.6 is 0 Å². The summed E-state index contributed by atoms with van der Waals surface area (Å²) in [6.45, 7) is 4.91. The maximum absolute atomic E-state index is 11.1. The largest absolute Gasteiger partial charge is 0.391 e. The lowest BCUT2D eigenvalue weighted by atomic mass is 10.0. The van der Waals surface area contributed by atoms with Gasteiger partial charge in [0.05, 0.1) is 19.7 Å². The van der Waals surface area contributed by atoms with Crippen LogP contribution in [-0.2, 0) is 19.1 Å². The molecule has 1 fully saturated rings. The van der Waals surface area contributed by atoms with Crippen molar-refractivity contribution in [3.8, 4) is 0 Å². The molecule has 5 nitrogen and oxygen atoms in total. The van der Waals surface area contributed by atoms with Gasteiger partial charge in [-0.2, -0.15) is 0 Å². The van der Waals surface area contributed by atoms with E-state index in [1.807, 2.05) is 18.7 Å². The lowest BCUT2D eigenvalue weighted by Crippen LogP contribution is -2.51. The minimum atomic E-state index is -0.479. The summed E-state index contributed by atoms with van der Waals surface area (Å²) in [6.07, 6.45) is 0. The number of carbonyl (C=O) groups is 2. The Balaban J connectivity index is 2.65. The van der Waals surface area contributed by atoms with Crippen LogP contribution in [0.4, 0.5) is 0 Å². The van der Waals surface area contributed by atoms with Crippen molar-refractivity contribution in [2.24, 2.45) is 5.92 Å². The van der Waals surface area contributed by atoms with Crippen molar-refractivity contribution in [1.82, 2.24) is 4.90 Å². The van der Waals surface area contributed by atoms with E-state index in [0.29, 0.717) is 12.5 Å². The Morgan fingerprint density at radius 3 is 2.27 bits per heavy atom. The van der Waals surface area contributed by atoms with Gasteiger partial charge in [-0.3, -0.25) is 14.5 Å². The molecule has 0 aliphatic carbocycles. The summed E-state index contributed by atoms with van der Waals surface area (Å²) in [7, 11) is 1.61. The van der Waals surface area contributed by atoms with Gasteiger partial charge in [0.25, 0.3) is 0 Å². The zero-order chi connectivity index (χ0) is 11.4. The summed E-state index contributed by atoms with van der Waals surface area (Å²) >= 11 is 0. The van der Waals surface area contributed by atoms with Gasteiger partial charge in [-0.15, -0.1) is 0 Å². The number of cyclic esters (lactones) is 2. The molecule has 0 aromatic rings. The molecule has 5 heteroatoms. The van der Waals surface area contributed by atoms with Gasteiger partial charge in [0.1, 0.15) is 0 Å². The molecule has 1 aliphatic heterocycles. The predicted molar refractivity (Wildman–Crippen MR) is 53.2 cm³/mol. The Hall–Kier alpha value is -0.940. The van der Waals surface area contributed by atoms with E-state index in [1.165, 1.54) is 0 Å². The lowest BCUT2D eigenvalue weighted by molar-refractivity contribution is -0.169. The number of nitrogens with zero attached hydrogens (tertiary/aromatic N) is 1. The highest BCUT2D eigenvalue weighted by molar-refractivity contribution is 5.90. The summed E-state index contributed by atoms with van der Waals surface area (Å²) in [4.78, 5) is 24.0. The maximum atomic E-state index is 11.1. The van der Waals surface area contributed by atoms with Gasteiger partial charge in [-0.1, -0.05) is 13.8 Å². The summed E-state index contributed by atoms with van der Waals surface area (Å²) in [5.74, 6) is -0.635. The summed E-state index contributed by atoms with van der Waals surface area (Å²) in [6, 6.07) is 0.0757. The summed E-state index contributed by atoms with van der Waals surface area (Å²) in [5.41, 5.74) is 0. The third kappa shape index (κ3) is 3.28. The van der Waals surface area contributed by atoms with E-state index in [4.69, 9.17) is 4.74 Å². The Bertz CT molecular complexity index is 236. The van der Waals surface area contributed by atoms with E-state index in [0.717, 1.165) is 0 Å². The van der Waals surface area contributed by atoms with Crippen LogP contribution in [0.1, 0.15) is 13.8 Å². The average molecular weight is 215 g/mol. The Labute approximate surface area is 89.3 Å². The number of carbonyl (C=O) groups excluding carboxylic acids is 2. The predicted octanol–water partition coefficient (Wildman–Crippen LogP) is 0.0428. The number of ether oxygens (including phenoxy) is 2. The second-order valence-corrected chi connectivity index (χ2v) is 4.02. The van der Waals surface area contributed by atoms with Gasteiger partial charge in [-0.25, -0.2) is 0 Å². The van der Waals surface area contributed by atoms with Crippen molar-refractivity contribution >= 4 is 11.9 Å². The molecule has 0 saturated carbocycles. The smallest absolute Gasteiger partial charge is 0.327 e. The van der Waals surface area contributed by atoms with Gasteiger partial charge in [0, 0.05) is 13.2 Å². The van der Waals surface area contributed by atoms with E-state index in [-0.39, 0.29) is 19.1 Å². The molecule has 0 spiro atoms. The monoisotopic (exact) mass is 215 g/mol. The maximum Gasteiger partial charge on any atom is 0.327 e. The van der Waals surface area contributed by atoms with E-state index in [1.54, 1.807) is 7.11 Å². The summed E-state index contributed by atoms with van der Waals surface area (Å²) < 4.78 is 9.55. The molecular weight excluding hydrogens is 198 g/mol. The van der Waals surface area contributed by atoms with Gasteiger partial charge in [0.2, 0.25) is 0 Å². The number of hydrogen-bond donors (Lipinski definition) is 0. The average Bonchev–Trinajstić information content (AvgIpc) is 2.11. The zero-order valence-corrected chi connectivity index (χ0v) is 9.36. The van der Waals surface area contributed by atoms with Crippen LogP contribution in [0.3, 0.4) is 0 Å². The molecule has 15 heavy (non-hydrogen) atoms. The van der Waals surface area contributed by atoms with Crippen LogP contribution in [0.25, 0.3) is 0 Å². The first kappa shape index (κ1) is 12.1. The number of methoxy groups -OCH3 is 1. The number of rotatable bonds is 4. The molecule has 1 heterocycles. The van der Waals surface area contributed by atoms with Crippen molar-refractivity contribution < 1.29 is 19.1 Å². The molecule has 0 aromatic carbocycles. The molecule has 0 N–H and O–H groups in total. The Morgan fingerprint density at radius 2 is 1.87 bits per heavy atom. The first-order chi connectivity index (χ1) is 7.04. The molecule has 1 aliphatic rings. The van der Waals surface area contributed by atoms with Crippen LogP contribution in [0.15, 0.2) is 0 Å². The zero-order valence-electron chi connectivity index (χ0n) is 9.36. The lowest BCUT2D eigenvalue weighted by Gasteiger charge is -2.34. The van der Waals surface area contributed by atoms with Crippen molar-refractivity contribution in [1.29, 1.82) is 0 Å². The van der Waals surface area contributed by atoms with Crippen LogP contribution < -0.4 is 0 Å². The highest BCUT2D eigenvalue weighted by atomic mass is 16.6. The summed E-state index contributed by atoms with van der Waals surface area (Å²) in [5, 5.41) is 0. The standard InChI is InChI=1S/C10H17NO4/c1-7(2)8(6-14-3)11-4-9(12)15-10(13)5-11/h7-8H,4-6H2,1-3H3. The molecule has 0 aromatic heterocycles. The minimum absolute atomic E-state index is 0.0757. The quantitative estimate of drug-likeness (QED) is 0.489. The van der Waals surface area contributed by atoms with E-state index < -0.39 is 11.9 Å². The van der Waals surface area contributed by atoms with Crippen LogP contribution in [0, 0.1) is 5.92 Å². The molecular formula is C10H17NO4. The number of morpholine rings is 1. The van der Waals surface area contributed by atoms with E-state index in [2.05, 4.69) is 4.74 Å². The van der Waals surface area contributed by atoms with Gasteiger partial charge >= 0.3 is 11.9 Å². The second-order valence-electron chi connectivity index (χ2n) is 4.02. The Morgan fingerprint density at radius 1 is 1.33 bits per heavy atom. The van der Waals surface area contributed by atoms with Crippen LogP contribution in [0.2, 0.25) is 0 Å². The Kier molecular flexibility index (Phi) is 4.23. The number of esters is 2. The molecule has 86 valence electrons. The van der Waals surface area contributed by atoms with Gasteiger partial charge in [-0.05, 0) is 5.92 Å². The highest BCUT2D eigenvalue weighted by Gasteiger charge is 2.31. The molecule has 0 amide bonds. The van der Waals surface area contributed by atoms with Crippen molar-refractivity contribution in [3.05, 3.63) is 0 Å². The molecule has 1 unspecified atom stereocenters. The van der Waals surface area contributed by atoms with E-state index >= 15 is 0 Å². The first-order valence-corrected chi connectivity index (χ1v) is 5.01. The molecule has 1 rings (SSSR count). The van der Waals surface area contributed by atoms with Crippen molar-refractivity contribution in [2.45, 2.75) is 19.9 Å². The molecule has 0 bridgehead atoms. The van der Waals surface area contributed by atoms with Crippen LogP contribution in [0.5, 0.6) is 0 Å². The van der Waals surface area contributed by atoms with Crippen molar-refractivity contribution in [2.75, 3.05) is 26.8 Å². The topological polar surface area (TPSA) is 55.8 Å². The van der Waals surface area contributed by atoms with E-state index in [9.17, 15) is 9.59 Å². The highest BCUT2D eigenvalue weighted by Crippen LogP contribution is 2.13. The molecule has 0 radical (unpaired) electrons. The SMILES string of the molecule is COCC(C(C)C)N1CC(=O)OC(=O)C1. The molecule has 1 saturated heterocycles. The fourth-order valence-electron chi connectivity index (χ4n) is 1.70. The first-order valence-electron chi connectivity index (χ1n) is 5.01. The second kappa shape index (κ2) is 5.23. The normalized spacial score (nSPS) is 20.5. The van der Waals surface area contributed by atoms with Gasteiger partial charge in [0.15, 0.2) is 0 Å². The third-order valence-electron chi connectivity index (χ3n) is 2.47. The van der Waals surface area contributed by atoms with Gasteiger partial charge < -0.3 is 9.47 Å². The third-order valence-corrected chi connectivity index (χ3v) is 2.47. The van der Waals surface area contributed by atoms with Crippen molar-refractivity contribution in [3.63, 3.8) is 0 Å². The minimum Gasteiger partial charge on any atom is -0.391 e.